The fourth-order valence-electron chi connectivity index (χ4n) is 2.43. The second-order valence-electron chi connectivity index (χ2n) is 5.19. The van der Waals surface area contributed by atoms with Crippen molar-refractivity contribution in [3.05, 3.63) is 60.1 Å². The largest absolute Gasteiger partial charge is 0.362 e. The van der Waals surface area contributed by atoms with Crippen LogP contribution < -0.4 is 5.32 Å². The summed E-state index contributed by atoms with van der Waals surface area (Å²) in [6.45, 7) is 2.08. The second-order valence-corrected chi connectivity index (χ2v) is 5.19. The first-order valence-electron chi connectivity index (χ1n) is 7.33. The van der Waals surface area contributed by atoms with Gasteiger partial charge in [0.1, 0.15) is 11.6 Å². The lowest BCUT2D eigenvalue weighted by Gasteiger charge is -2.09. The predicted molar refractivity (Wildman–Crippen MR) is 84.7 cm³/mol. The Labute approximate surface area is 136 Å². The van der Waals surface area contributed by atoms with E-state index < -0.39 is 0 Å². The molecule has 0 amide bonds. The summed E-state index contributed by atoms with van der Waals surface area (Å²) in [7, 11) is 0. The Morgan fingerprint density at radius 1 is 1.21 bits per heavy atom. The van der Waals surface area contributed by atoms with Gasteiger partial charge in [0.25, 0.3) is 0 Å². The molecule has 0 bridgehead atoms. The first-order valence-corrected chi connectivity index (χ1v) is 7.33. The quantitative estimate of drug-likeness (QED) is 0.622. The van der Waals surface area contributed by atoms with Crippen molar-refractivity contribution in [3.8, 4) is 11.3 Å². The molecule has 0 spiro atoms. The van der Waals surface area contributed by atoms with Crippen LogP contribution in [-0.4, -0.2) is 24.7 Å². The molecule has 0 atom stereocenters. The average Bonchev–Trinajstić information content (AvgIpc) is 3.21. The van der Waals surface area contributed by atoms with E-state index in [1.807, 2.05) is 0 Å². The molecule has 0 fully saturated rings. The molecular weight excluding hydrogens is 311 g/mol. The van der Waals surface area contributed by atoms with Crippen LogP contribution in [0.4, 0.5) is 10.2 Å². The maximum absolute atomic E-state index is 14.1. The van der Waals surface area contributed by atoms with Gasteiger partial charge in [0.2, 0.25) is 5.89 Å². The van der Waals surface area contributed by atoms with Gasteiger partial charge in [0.15, 0.2) is 11.5 Å². The van der Waals surface area contributed by atoms with E-state index in [1.54, 1.807) is 48.0 Å². The van der Waals surface area contributed by atoms with E-state index in [2.05, 4.69) is 25.5 Å². The predicted octanol–water partition coefficient (Wildman–Crippen LogP) is 2.84. The van der Waals surface area contributed by atoms with Gasteiger partial charge in [-0.25, -0.2) is 9.37 Å². The Bertz CT molecular complexity index is 1010. The standard InChI is InChI=1S/C16H13FN6O/c1-10-20-14(22-24-10)9-18-16-8-13(11-4-2-3-5-12(11)17)21-15-6-7-19-23(15)16/h2-8,18H,9H2,1H3. The van der Waals surface area contributed by atoms with Crippen LogP contribution in [0.2, 0.25) is 0 Å². The highest BCUT2D eigenvalue weighted by Gasteiger charge is 2.12. The summed E-state index contributed by atoms with van der Waals surface area (Å²) in [5.74, 6) is 1.36. The van der Waals surface area contributed by atoms with Gasteiger partial charge in [-0.1, -0.05) is 17.3 Å². The van der Waals surface area contributed by atoms with Crippen LogP contribution in [0, 0.1) is 12.7 Å². The lowest BCUT2D eigenvalue weighted by atomic mass is 10.1. The van der Waals surface area contributed by atoms with E-state index in [1.165, 1.54) is 6.07 Å². The van der Waals surface area contributed by atoms with Crippen molar-refractivity contribution >= 4 is 11.5 Å². The summed E-state index contributed by atoms with van der Waals surface area (Å²) in [5.41, 5.74) is 1.56. The summed E-state index contributed by atoms with van der Waals surface area (Å²) < 4.78 is 20.7. The average molecular weight is 324 g/mol. The number of hydrogen-bond acceptors (Lipinski definition) is 6. The van der Waals surface area contributed by atoms with Crippen LogP contribution in [0.15, 0.2) is 47.1 Å². The zero-order valence-corrected chi connectivity index (χ0v) is 12.8. The van der Waals surface area contributed by atoms with E-state index in [4.69, 9.17) is 4.52 Å². The fraction of sp³-hybridized carbons (Fsp3) is 0.125. The fourth-order valence-corrected chi connectivity index (χ4v) is 2.43. The number of halogens is 1. The lowest BCUT2D eigenvalue weighted by Crippen LogP contribution is -2.07. The highest BCUT2D eigenvalue weighted by molar-refractivity contribution is 5.66. The van der Waals surface area contributed by atoms with E-state index in [0.29, 0.717) is 41.0 Å². The minimum atomic E-state index is -0.325. The van der Waals surface area contributed by atoms with Crippen LogP contribution in [0.25, 0.3) is 16.9 Å². The Kier molecular flexibility index (Phi) is 3.42. The van der Waals surface area contributed by atoms with Crippen LogP contribution >= 0.6 is 0 Å². The molecule has 24 heavy (non-hydrogen) atoms. The number of rotatable bonds is 4. The van der Waals surface area contributed by atoms with Crippen LogP contribution in [0.3, 0.4) is 0 Å². The van der Waals surface area contributed by atoms with Crippen molar-refractivity contribution < 1.29 is 8.91 Å². The molecule has 4 rings (SSSR count). The maximum atomic E-state index is 14.1. The molecular formula is C16H13FN6O. The minimum absolute atomic E-state index is 0.325. The van der Waals surface area contributed by atoms with E-state index in [0.717, 1.165) is 0 Å². The number of fused-ring (bicyclic) bond motifs is 1. The van der Waals surface area contributed by atoms with Crippen LogP contribution in [-0.2, 0) is 6.54 Å². The van der Waals surface area contributed by atoms with E-state index in [-0.39, 0.29) is 5.82 Å². The summed E-state index contributed by atoms with van der Waals surface area (Å²) in [5, 5.41) is 11.3. The molecule has 0 saturated carbocycles. The zero-order valence-electron chi connectivity index (χ0n) is 12.8. The highest BCUT2D eigenvalue weighted by Crippen LogP contribution is 2.24. The first-order chi connectivity index (χ1) is 11.7. The SMILES string of the molecule is Cc1nc(CNc2cc(-c3ccccc3F)nc3ccnn23)no1. The highest BCUT2D eigenvalue weighted by atomic mass is 19.1. The molecule has 7 nitrogen and oxygen atoms in total. The summed E-state index contributed by atoms with van der Waals surface area (Å²) in [6.07, 6.45) is 1.64. The van der Waals surface area contributed by atoms with Gasteiger partial charge < -0.3 is 9.84 Å². The van der Waals surface area contributed by atoms with Crippen molar-refractivity contribution in [2.24, 2.45) is 0 Å². The molecule has 8 heteroatoms. The van der Waals surface area contributed by atoms with Gasteiger partial charge in [0.05, 0.1) is 18.4 Å². The molecule has 0 unspecified atom stereocenters. The monoisotopic (exact) mass is 324 g/mol. The van der Waals surface area contributed by atoms with Crippen molar-refractivity contribution in [1.29, 1.82) is 0 Å². The molecule has 0 saturated heterocycles. The number of anilines is 1. The maximum Gasteiger partial charge on any atom is 0.223 e. The molecule has 0 radical (unpaired) electrons. The minimum Gasteiger partial charge on any atom is -0.362 e. The van der Waals surface area contributed by atoms with Crippen molar-refractivity contribution in [1.82, 2.24) is 24.7 Å². The molecule has 1 aromatic carbocycles. The summed E-state index contributed by atoms with van der Waals surface area (Å²) in [6, 6.07) is 10.0. The van der Waals surface area contributed by atoms with E-state index >= 15 is 0 Å². The first kappa shape index (κ1) is 14.3. The Morgan fingerprint density at radius 2 is 2.08 bits per heavy atom. The molecule has 1 N–H and O–H groups in total. The number of aryl methyl sites for hydroxylation is 1. The molecule has 0 aliphatic heterocycles. The molecule has 0 aliphatic rings. The number of benzene rings is 1. The number of hydrogen-bond donors (Lipinski definition) is 1. The lowest BCUT2D eigenvalue weighted by molar-refractivity contribution is 0.388. The van der Waals surface area contributed by atoms with Crippen LogP contribution in [0.1, 0.15) is 11.7 Å². The van der Waals surface area contributed by atoms with E-state index in [9.17, 15) is 4.39 Å². The molecule has 3 aromatic heterocycles. The Balaban J connectivity index is 1.74. The summed E-state index contributed by atoms with van der Waals surface area (Å²) >= 11 is 0. The normalized spacial score (nSPS) is 11.1. The topological polar surface area (TPSA) is 81.1 Å². The number of aromatic nitrogens is 5. The van der Waals surface area contributed by atoms with Gasteiger partial charge in [0, 0.05) is 24.6 Å². The van der Waals surface area contributed by atoms with Crippen molar-refractivity contribution in [2.75, 3.05) is 5.32 Å². The summed E-state index contributed by atoms with van der Waals surface area (Å²) in [4.78, 5) is 8.60. The molecule has 4 aromatic rings. The Morgan fingerprint density at radius 3 is 2.88 bits per heavy atom. The van der Waals surface area contributed by atoms with Crippen molar-refractivity contribution in [3.63, 3.8) is 0 Å². The third-order valence-corrected chi connectivity index (χ3v) is 3.51. The number of nitrogens with zero attached hydrogens (tertiary/aromatic N) is 5. The molecule has 3 heterocycles. The molecule has 0 aliphatic carbocycles. The molecule has 120 valence electrons. The third kappa shape index (κ3) is 2.58. The smallest absolute Gasteiger partial charge is 0.223 e. The second kappa shape index (κ2) is 5.73. The zero-order chi connectivity index (χ0) is 16.5. The van der Waals surface area contributed by atoms with Crippen molar-refractivity contribution in [2.45, 2.75) is 13.5 Å². The third-order valence-electron chi connectivity index (χ3n) is 3.51. The van der Waals surface area contributed by atoms with Gasteiger partial charge in [-0.2, -0.15) is 14.6 Å². The number of nitrogens with one attached hydrogen (secondary N) is 1. The van der Waals surface area contributed by atoms with Gasteiger partial charge in [-0.3, -0.25) is 0 Å². The van der Waals surface area contributed by atoms with Gasteiger partial charge in [-0.05, 0) is 12.1 Å². The van der Waals surface area contributed by atoms with Crippen LogP contribution in [0.5, 0.6) is 0 Å². The van der Waals surface area contributed by atoms with Gasteiger partial charge in [-0.15, -0.1) is 0 Å². The Hall–Kier alpha value is -3.29. The van der Waals surface area contributed by atoms with Gasteiger partial charge >= 0.3 is 0 Å².